The molecular weight excluding hydrogens is 310 g/mol. The topological polar surface area (TPSA) is 51.5 Å². The number of thiophene rings is 1. The number of fused-ring (bicyclic) bond motifs is 1. The molecule has 1 unspecified atom stereocenters. The maximum Gasteiger partial charge on any atom is 0.244 e. The van der Waals surface area contributed by atoms with Crippen LogP contribution in [0.3, 0.4) is 0 Å². The number of amides is 1. The van der Waals surface area contributed by atoms with Crippen molar-refractivity contribution in [3.05, 3.63) is 64.6 Å². The number of benzene rings is 1. The third kappa shape index (κ3) is 3.88. The number of carbonyl (C=O) groups is 1. The van der Waals surface area contributed by atoms with E-state index >= 15 is 0 Å². The maximum atomic E-state index is 11.9. The summed E-state index contributed by atoms with van der Waals surface area (Å²) in [6.07, 6.45) is 2.99. The Kier molecular flexibility index (Phi) is 4.90. The Labute approximate surface area is 138 Å². The van der Waals surface area contributed by atoms with E-state index in [9.17, 15) is 4.79 Å². The number of furan rings is 1. The van der Waals surface area contributed by atoms with Crippen molar-refractivity contribution in [1.82, 2.24) is 5.32 Å². The van der Waals surface area contributed by atoms with Crippen molar-refractivity contribution in [2.45, 2.75) is 6.10 Å². The maximum absolute atomic E-state index is 11.9. The second kappa shape index (κ2) is 7.26. The quantitative estimate of drug-likeness (QED) is 0.696. The largest absolute Gasteiger partial charge is 0.458 e. The lowest BCUT2D eigenvalue weighted by Gasteiger charge is -2.12. The Morgan fingerprint density at radius 1 is 1.39 bits per heavy atom. The molecule has 2 aromatic heterocycles. The number of hydrogen-bond donors (Lipinski definition) is 1. The van der Waals surface area contributed by atoms with Gasteiger partial charge in [0.05, 0.1) is 6.54 Å². The summed E-state index contributed by atoms with van der Waals surface area (Å²) in [6, 6.07) is 11.7. The molecule has 0 aliphatic rings. The number of carbonyl (C=O) groups excluding carboxylic acids is 1. The summed E-state index contributed by atoms with van der Waals surface area (Å²) in [5, 5.41) is 7.81. The van der Waals surface area contributed by atoms with Gasteiger partial charge in [0.1, 0.15) is 17.4 Å². The Bertz CT molecular complexity index is 772. The van der Waals surface area contributed by atoms with Gasteiger partial charge in [-0.15, -0.1) is 0 Å². The van der Waals surface area contributed by atoms with Gasteiger partial charge in [-0.2, -0.15) is 11.3 Å². The molecule has 0 spiro atoms. The number of rotatable bonds is 6. The summed E-state index contributed by atoms with van der Waals surface area (Å²) in [6.45, 7) is 0.350. The molecule has 0 aliphatic carbocycles. The van der Waals surface area contributed by atoms with E-state index in [1.54, 1.807) is 24.5 Å². The summed E-state index contributed by atoms with van der Waals surface area (Å²) in [4.78, 5) is 11.9. The van der Waals surface area contributed by atoms with E-state index in [2.05, 4.69) is 5.32 Å². The van der Waals surface area contributed by atoms with Gasteiger partial charge < -0.3 is 14.5 Å². The van der Waals surface area contributed by atoms with Crippen LogP contribution in [0.25, 0.3) is 17.0 Å². The van der Waals surface area contributed by atoms with Crippen LogP contribution in [0.15, 0.2) is 57.7 Å². The van der Waals surface area contributed by atoms with Crippen LogP contribution in [-0.4, -0.2) is 19.6 Å². The van der Waals surface area contributed by atoms with Crippen LogP contribution in [0.2, 0.25) is 0 Å². The molecule has 0 saturated heterocycles. The Morgan fingerprint density at radius 2 is 2.26 bits per heavy atom. The lowest BCUT2D eigenvalue weighted by Crippen LogP contribution is -2.27. The van der Waals surface area contributed by atoms with Gasteiger partial charge in [0.15, 0.2) is 0 Å². The van der Waals surface area contributed by atoms with Crippen molar-refractivity contribution in [1.29, 1.82) is 0 Å². The van der Waals surface area contributed by atoms with Crippen LogP contribution in [0, 0.1) is 0 Å². The second-order valence-electron chi connectivity index (χ2n) is 5.05. The van der Waals surface area contributed by atoms with Crippen LogP contribution in [0.5, 0.6) is 0 Å². The molecule has 0 bridgehead atoms. The average Bonchev–Trinajstić information content (AvgIpc) is 3.22. The zero-order valence-corrected chi connectivity index (χ0v) is 13.5. The third-order valence-electron chi connectivity index (χ3n) is 3.48. The minimum atomic E-state index is -0.319. The molecule has 0 radical (unpaired) electrons. The first kappa shape index (κ1) is 15.5. The van der Waals surface area contributed by atoms with Gasteiger partial charge in [-0.05, 0) is 40.6 Å². The molecule has 1 amide bonds. The van der Waals surface area contributed by atoms with E-state index in [0.29, 0.717) is 12.3 Å². The highest BCUT2D eigenvalue weighted by atomic mass is 32.1. The highest BCUT2D eigenvalue weighted by Gasteiger charge is 2.16. The zero-order valence-electron chi connectivity index (χ0n) is 12.7. The third-order valence-corrected chi connectivity index (χ3v) is 4.18. The molecule has 23 heavy (non-hydrogen) atoms. The second-order valence-corrected chi connectivity index (χ2v) is 5.83. The molecule has 3 rings (SSSR count). The molecule has 2 heterocycles. The number of para-hydroxylation sites is 1. The molecule has 1 N–H and O–H groups in total. The Hall–Kier alpha value is -2.37. The van der Waals surface area contributed by atoms with E-state index in [4.69, 9.17) is 9.15 Å². The molecule has 0 aliphatic heterocycles. The lowest BCUT2D eigenvalue weighted by atomic mass is 10.2. The molecule has 0 saturated carbocycles. The van der Waals surface area contributed by atoms with Crippen LogP contribution in [0.4, 0.5) is 0 Å². The van der Waals surface area contributed by atoms with E-state index in [-0.39, 0.29) is 12.0 Å². The number of hydrogen-bond acceptors (Lipinski definition) is 4. The summed E-state index contributed by atoms with van der Waals surface area (Å²) >= 11 is 1.60. The van der Waals surface area contributed by atoms with E-state index in [1.807, 2.05) is 47.2 Å². The lowest BCUT2D eigenvalue weighted by molar-refractivity contribution is -0.117. The summed E-state index contributed by atoms with van der Waals surface area (Å²) in [5.74, 6) is 0.546. The van der Waals surface area contributed by atoms with Gasteiger partial charge in [0.2, 0.25) is 5.91 Å². The van der Waals surface area contributed by atoms with Gasteiger partial charge in [-0.25, -0.2) is 0 Å². The van der Waals surface area contributed by atoms with Crippen molar-refractivity contribution in [3.63, 3.8) is 0 Å². The number of nitrogens with one attached hydrogen (secondary N) is 1. The van der Waals surface area contributed by atoms with E-state index < -0.39 is 0 Å². The molecule has 4 nitrogen and oxygen atoms in total. The number of ether oxygens (including phenoxy) is 1. The van der Waals surface area contributed by atoms with Crippen LogP contribution < -0.4 is 5.32 Å². The SMILES string of the molecule is COC(CNC(=O)C=Cc1ccsc1)c1cc2ccccc2o1. The fraction of sp³-hybridized carbons (Fsp3) is 0.167. The van der Waals surface area contributed by atoms with Crippen molar-refractivity contribution in [2.75, 3.05) is 13.7 Å². The summed E-state index contributed by atoms with van der Waals surface area (Å²) in [5.41, 5.74) is 1.83. The van der Waals surface area contributed by atoms with Gasteiger partial charge in [0, 0.05) is 18.6 Å². The molecule has 0 fully saturated rings. The first-order chi connectivity index (χ1) is 11.3. The highest BCUT2D eigenvalue weighted by Crippen LogP contribution is 2.25. The minimum Gasteiger partial charge on any atom is -0.458 e. The zero-order chi connectivity index (χ0) is 16.1. The molecule has 5 heteroatoms. The fourth-order valence-corrected chi connectivity index (χ4v) is 2.88. The summed E-state index contributed by atoms with van der Waals surface area (Å²) in [7, 11) is 1.60. The smallest absolute Gasteiger partial charge is 0.244 e. The molecular formula is C18H17NO3S. The van der Waals surface area contributed by atoms with Crippen LogP contribution in [0.1, 0.15) is 17.4 Å². The van der Waals surface area contributed by atoms with Crippen LogP contribution >= 0.6 is 11.3 Å². The van der Waals surface area contributed by atoms with Crippen molar-refractivity contribution >= 4 is 34.3 Å². The van der Waals surface area contributed by atoms with Gasteiger partial charge in [-0.1, -0.05) is 18.2 Å². The first-order valence-corrected chi connectivity index (χ1v) is 8.20. The number of methoxy groups -OCH3 is 1. The molecule has 118 valence electrons. The normalized spacial score (nSPS) is 12.7. The predicted octanol–water partition coefficient (Wildman–Crippen LogP) is 4.01. The highest BCUT2D eigenvalue weighted by molar-refractivity contribution is 7.08. The monoisotopic (exact) mass is 327 g/mol. The fourth-order valence-electron chi connectivity index (χ4n) is 2.26. The average molecular weight is 327 g/mol. The molecule has 1 atom stereocenters. The van der Waals surface area contributed by atoms with Crippen molar-refractivity contribution in [3.8, 4) is 0 Å². The summed E-state index contributed by atoms with van der Waals surface area (Å²) < 4.78 is 11.2. The van der Waals surface area contributed by atoms with E-state index in [1.165, 1.54) is 6.08 Å². The van der Waals surface area contributed by atoms with Gasteiger partial charge >= 0.3 is 0 Å². The standard InChI is InChI=1S/C18H17NO3S/c1-21-17(16-10-14-4-2-3-5-15(14)22-16)11-19-18(20)7-6-13-8-9-23-12-13/h2-10,12,17H,11H2,1H3,(H,19,20). The van der Waals surface area contributed by atoms with Crippen LogP contribution in [-0.2, 0) is 9.53 Å². The minimum absolute atomic E-state index is 0.158. The predicted molar refractivity (Wildman–Crippen MR) is 92.3 cm³/mol. The first-order valence-electron chi connectivity index (χ1n) is 7.25. The molecule has 3 aromatic rings. The van der Waals surface area contributed by atoms with E-state index in [0.717, 1.165) is 16.5 Å². The Morgan fingerprint density at radius 3 is 3.00 bits per heavy atom. The van der Waals surface area contributed by atoms with Gasteiger partial charge in [0.25, 0.3) is 0 Å². The Balaban J connectivity index is 1.62. The van der Waals surface area contributed by atoms with Crippen molar-refractivity contribution in [2.24, 2.45) is 0 Å². The van der Waals surface area contributed by atoms with Gasteiger partial charge in [-0.3, -0.25) is 4.79 Å². The van der Waals surface area contributed by atoms with Crippen molar-refractivity contribution < 1.29 is 13.9 Å². The molecule has 1 aromatic carbocycles.